The van der Waals surface area contributed by atoms with Crippen LogP contribution in [0.4, 0.5) is 0 Å². The van der Waals surface area contributed by atoms with Crippen LogP contribution in [-0.4, -0.2) is 18.3 Å². The summed E-state index contributed by atoms with van der Waals surface area (Å²) in [5, 5.41) is 9.52. The van der Waals surface area contributed by atoms with Gasteiger partial charge in [-0.15, -0.1) is 0 Å². The number of aliphatic hydroxyl groups is 1. The highest BCUT2D eigenvalue weighted by atomic mass is 79.9. The van der Waals surface area contributed by atoms with E-state index in [0.29, 0.717) is 37.9 Å². The summed E-state index contributed by atoms with van der Waals surface area (Å²) in [7, 11) is 0. The van der Waals surface area contributed by atoms with Crippen LogP contribution in [0, 0.1) is 6.92 Å². The van der Waals surface area contributed by atoms with E-state index in [0.717, 1.165) is 15.6 Å². The Kier molecular flexibility index (Phi) is 8.11. The second kappa shape index (κ2) is 11.0. The predicted octanol–water partition coefficient (Wildman–Crippen LogP) is 5.42. The zero-order chi connectivity index (χ0) is 20.5. The van der Waals surface area contributed by atoms with Gasteiger partial charge in [0.05, 0.1) is 19.8 Å². The Morgan fingerprint density at radius 2 is 1.52 bits per heavy atom. The second-order valence-corrected chi connectivity index (χ2v) is 7.63. The maximum atomic E-state index is 9.52. The van der Waals surface area contributed by atoms with Gasteiger partial charge in [-0.2, -0.15) is 0 Å². The summed E-state index contributed by atoms with van der Waals surface area (Å²) < 4.78 is 18.4. The Morgan fingerprint density at radius 1 is 0.793 bits per heavy atom. The highest BCUT2D eigenvalue weighted by molar-refractivity contribution is 9.10. The first-order valence-corrected chi connectivity index (χ1v) is 10.3. The van der Waals surface area contributed by atoms with Crippen molar-refractivity contribution in [2.75, 3.05) is 13.2 Å². The fraction of sp³-hybridized carbons (Fsp3) is 0.250. The van der Waals surface area contributed by atoms with E-state index in [9.17, 15) is 5.11 Å². The normalized spacial score (nSPS) is 10.7. The number of hydrogen-bond donors (Lipinski definition) is 1. The summed E-state index contributed by atoms with van der Waals surface area (Å²) in [5.74, 6) is 1.32. The summed E-state index contributed by atoms with van der Waals surface area (Å²) in [5.41, 5.74) is 4.21. The van der Waals surface area contributed by atoms with Gasteiger partial charge in [0.2, 0.25) is 0 Å². The quantitative estimate of drug-likeness (QED) is 0.413. The Labute approximate surface area is 180 Å². The molecule has 0 unspecified atom stereocenters. The van der Waals surface area contributed by atoms with Gasteiger partial charge in [-0.1, -0.05) is 52.3 Å². The van der Waals surface area contributed by atoms with Gasteiger partial charge in [0.15, 0.2) is 0 Å². The van der Waals surface area contributed by atoms with E-state index in [1.165, 1.54) is 11.1 Å². The molecule has 0 atom stereocenters. The molecule has 3 rings (SSSR count). The average Bonchev–Trinajstić information content (AvgIpc) is 2.74. The average molecular weight is 457 g/mol. The van der Waals surface area contributed by atoms with Crippen molar-refractivity contribution in [2.45, 2.75) is 26.7 Å². The van der Waals surface area contributed by atoms with Gasteiger partial charge in [0.1, 0.15) is 24.7 Å². The lowest BCUT2D eigenvalue weighted by atomic mass is 10.1. The summed E-state index contributed by atoms with van der Waals surface area (Å²) in [4.78, 5) is 0. The van der Waals surface area contributed by atoms with Gasteiger partial charge in [-0.3, -0.25) is 0 Å². The lowest BCUT2D eigenvalue weighted by Gasteiger charge is -2.12. The molecule has 1 N–H and O–H groups in total. The van der Waals surface area contributed by atoms with Crippen LogP contribution in [0.3, 0.4) is 0 Å². The van der Waals surface area contributed by atoms with Crippen molar-refractivity contribution in [2.24, 2.45) is 0 Å². The third-order valence-electron chi connectivity index (χ3n) is 4.46. The Bertz CT molecular complexity index is 909. The van der Waals surface area contributed by atoms with E-state index in [1.54, 1.807) is 0 Å². The van der Waals surface area contributed by atoms with E-state index >= 15 is 0 Å². The minimum atomic E-state index is -0.0738. The van der Waals surface area contributed by atoms with E-state index in [2.05, 4.69) is 35.0 Å². The molecule has 5 heteroatoms. The minimum Gasteiger partial charge on any atom is -0.491 e. The van der Waals surface area contributed by atoms with Crippen LogP contribution in [0.15, 0.2) is 71.2 Å². The first kappa shape index (κ1) is 21.4. The highest BCUT2D eigenvalue weighted by Gasteiger charge is 2.05. The van der Waals surface area contributed by atoms with Crippen molar-refractivity contribution in [3.8, 4) is 11.5 Å². The molecular formula is C24H25BrO4. The van der Waals surface area contributed by atoms with Crippen molar-refractivity contribution in [3.63, 3.8) is 0 Å². The smallest absolute Gasteiger partial charge is 0.123 e. The molecular weight excluding hydrogens is 432 g/mol. The number of benzene rings is 3. The van der Waals surface area contributed by atoms with Gasteiger partial charge < -0.3 is 19.3 Å². The monoisotopic (exact) mass is 456 g/mol. The topological polar surface area (TPSA) is 47.9 Å². The molecule has 0 aliphatic carbocycles. The van der Waals surface area contributed by atoms with E-state index in [-0.39, 0.29) is 6.61 Å². The fourth-order valence-corrected chi connectivity index (χ4v) is 3.07. The first-order chi connectivity index (χ1) is 14.1. The van der Waals surface area contributed by atoms with Gasteiger partial charge in [0.25, 0.3) is 0 Å². The Hall–Kier alpha value is -2.34. The minimum absolute atomic E-state index is 0.0738. The van der Waals surface area contributed by atoms with Crippen LogP contribution in [0.1, 0.15) is 22.3 Å². The predicted molar refractivity (Wildman–Crippen MR) is 117 cm³/mol. The van der Waals surface area contributed by atoms with Crippen LogP contribution in [-0.2, 0) is 24.6 Å². The van der Waals surface area contributed by atoms with E-state index in [1.807, 2.05) is 54.6 Å². The van der Waals surface area contributed by atoms with Gasteiger partial charge in [-0.05, 0) is 53.4 Å². The zero-order valence-corrected chi connectivity index (χ0v) is 18.0. The molecule has 0 fully saturated rings. The number of hydrogen-bond acceptors (Lipinski definition) is 4. The molecule has 0 spiro atoms. The van der Waals surface area contributed by atoms with Gasteiger partial charge in [-0.25, -0.2) is 0 Å². The van der Waals surface area contributed by atoms with Crippen LogP contribution in [0.5, 0.6) is 11.5 Å². The molecule has 29 heavy (non-hydrogen) atoms. The summed E-state index contributed by atoms with van der Waals surface area (Å²) in [6, 6.07) is 21.6. The molecule has 3 aromatic carbocycles. The van der Waals surface area contributed by atoms with Crippen molar-refractivity contribution in [1.82, 2.24) is 0 Å². The molecule has 0 aliphatic rings. The molecule has 0 amide bonds. The van der Waals surface area contributed by atoms with Crippen molar-refractivity contribution >= 4 is 15.9 Å². The molecule has 0 aliphatic heterocycles. The molecule has 0 bridgehead atoms. The lowest BCUT2D eigenvalue weighted by Crippen LogP contribution is -2.07. The molecule has 0 saturated carbocycles. The van der Waals surface area contributed by atoms with Gasteiger partial charge in [0, 0.05) is 10.5 Å². The van der Waals surface area contributed by atoms with Crippen LogP contribution < -0.4 is 9.47 Å². The molecule has 0 saturated heterocycles. The maximum Gasteiger partial charge on any atom is 0.123 e. The van der Waals surface area contributed by atoms with Crippen LogP contribution in [0.25, 0.3) is 0 Å². The van der Waals surface area contributed by atoms with Crippen molar-refractivity contribution in [1.29, 1.82) is 0 Å². The van der Waals surface area contributed by atoms with E-state index in [4.69, 9.17) is 14.2 Å². The SMILES string of the molecule is Cc1ccccc1COCCOc1cc(CO)cc(OCc2ccc(Br)cc2)c1. The summed E-state index contributed by atoms with van der Waals surface area (Å²) in [6.45, 7) is 3.91. The number of aryl methyl sites for hydroxylation is 1. The molecule has 152 valence electrons. The zero-order valence-electron chi connectivity index (χ0n) is 16.4. The summed E-state index contributed by atoms with van der Waals surface area (Å²) >= 11 is 3.43. The standard InChI is InChI=1S/C24H25BrO4/c1-18-4-2-3-5-21(18)17-27-10-11-28-23-12-20(15-26)13-24(14-23)29-16-19-6-8-22(25)9-7-19/h2-9,12-14,26H,10-11,15-17H2,1H3. The summed E-state index contributed by atoms with van der Waals surface area (Å²) in [6.07, 6.45) is 0. The number of rotatable bonds is 10. The molecule has 4 nitrogen and oxygen atoms in total. The Balaban J connectivity index is 1.50. The highest BCUT2D eigenvalue weighted by Crippen LogP contribution is 2.24. The third-order valence-corrected chi connectivity index (χ3v) is 4.99. The van der Waals surface area contributed by atoms with Crippen LogP contribution in [0.2, 0.25) is 0 Å². The Morgan fingerprint density at radius 3 is 2.24 bits per heavy atom. The number of ether oxygens (including phenoxy) is 3. The second-order valence-electron chi connectivity index (χ2n) is 6.71. The molecule has 3 aromatic rings. The van der Waals surface area contributed by atoms with Crippen molar-refractivity contribution < 1.29 is 19.3 Å². The molecule has 0 heterocycles. The largest absolute Gasteiger partial charge is 0.491 e. The third kappa shape index (κ3) is 6.89. The van der Waals surface area contributed by atoms with Gasteiger partial charge >= 0.3 is 0 Å². The fourth-order valence-electron chi connectivity index (χ4n) is 2.81. The number of aliphatic hydroxyl groups excluding tert-OH is 1. The number of halogens is 1. The lowest BCUT2D eigenvalue weighted by molar-refractivity contribution is 0.0884. The van der Waals surface area contributed by atoms with E-state index < -0.39 is 0 Å². The van der Waals surface area contributed by atoms with Crippen LogP contribution >= 0.6 is 15.9 Å². The molecule has 0 aromatic heterocycles. The molecule has 0 radical (unpaired) electrons. The first-order valence-electron chi connectivity index (χ1n) is 9.51. The van der Waals surface area contributed by atoms with Crippen molar-refractivity contribution in [3.05, 3.63) is 93.5 Å². The maximum absolute atomic E-state index is 9.52.